The molecular weight excluding hydrogens is 404 g/mol. The van der Waals surface area contributed by atoms with Gasteiger partial charge in [0.15, 0.2) is 0 Å². The molecule has 0 aliphatic carbocycles. The van der Waals surface area contributed by atoms with Crippen LogP contribution in [-0.2, 0) is 20.8 Å². The molecule has 0 N–H and O–H groups in total. The van der Waals surface area contributed by atoms with Gasteiger partial charge in [0.1, 0.15) is 5.60 Å². The van der Waals surface area contributed by atoms with Crippen LogP contribution in [0.1, 0.15) is 82.8 Å². The standard InChI is InChI=1S/C26H40N2O4/c1-26(2,3)32-25(30)27-17-14-22(15-18-27)21-10-8-20(9-11-21)19-28-16-6-5-7-23(28)12-13-24(29)31-4/h8-11,22-23H,5-7,12-19H2,1-4H3. The van der Waals surface area contributed by atoms with Crippen LogP contribution in [0.25, 0.3) is 0 Å². The lowest BCUT2D eigenvalue weighted by atomic mass is 9.89. The molecule has 0 radical (unpaired) electrons. The van der Waals surface area contributed by atoms with Crippen molar-refractivity contribution < 1.29 is 19.1 Å². The Morgan fingerprint density at radius 2 is 1.69 bits per heavy atom. The normalized spacial score (nSPS) is 20.8. The maximum atomic E-state index is 12.3. The third-order valence-corrected chi connectivity index (χ3v) is 6.64. The summed E-state index contributed by atoms with van der Waals surface area (Å²) in [5, 5.41) is 0. The van der Waals surface area contributed by atoms with Gasteiger partial charge in [-0.15, -0.1) is 0 Å². The second-order valence-electron chi connectivity index (χ2n) is 10.2. The average Bonchev–Trinajstić information content (AvgIpc) is 2.78. The number of methoxy groups -OCH3 is 1. The number of amides is 1. The van der Waals surface area contributed by atoms with Gasteiger partial charge in [-0.2, -0.15) is 0 Å². The Morgan fingerprint density at radius 1 is 1.00 bits per heavy atom. The molecule has 0 aromatic heterocycles. The van der Waals surface area contributed by atoms with Crippen molar-refractivity contribution in [1.82, 2.24) is 9.80 Å². The lowest BCUT2D eigenvalue weighted by molar-refractivity contribution is -0.141. The highest BCUT2D eigenvalue weighted by Gasteiger charge is 2.28. The third kappa shape index (κ3) is 7.22. The smallest absolute Gasteiger partial charge is 0.410 e. The highest BCUT2D eigenvalue weighted by molar-refractivity contribution is 5.69. The summed E-state index contributed by atoms with van der Waals surface area (Å²) in [6.07, 6.45) is 6.74. The Morgan fingerprint density at radius 3 is 2.31 bits per heavy atom. The molecule has 1 aromatic carbocycles. The van der Waals surface area contributed by atoms with Crippen LogP contribution in [-0.4, -0.2) is 60.2 Å². The van der Waals surface area contributed by atoms with Crippen LogP contribution in [0.4, 0.5) is 4.79 Å². The molecule has 2 saturated heterocycles. The summed E-state index contributed by atoms with van der Waals surface area (Å²) in [5.74, 6) is 0.378. The maximum Gasteiger partial charge on any atom is 0.410 e. The molecule has 1 unspecified atom stereocenters. The van der Waals surface area contributed by atoms with Gasteiger partial charge in [-0.3, -0.25) is 9.69 Å². The number of piperidine rings is 2. The van der Waals surface area contributed by atoms with Gasteiger partial charge in [0.05, 0.1) is 7.11 Å². The number of carbonyl (C=O) groups excluding carboxylic acids is 2. The number of ether oxygens (including phenoxy) is 2. The van der Waals surface area contributed by atoms with E-state index in [1.165, 1.54) is 31.1 Å². The molecule has 2 fully saturated rings. The summed E-state index contributed by atoms with van der Waals surface area (Å²) in [5.41, 5.74) is 2.24. The predicted octanol–water partition coefficient (Wildman–Crippen LogP) is 5.11. The summed E-state index contributed by atoms with van der Waals surface area (Å²) >= 11 is 0. The zero-order valence-electron chi connectivity index (χ0n) is 20.3. The topological polar surface area (TPSA) is 59.1 Å². The Balaban J connectivity index is 1.50. The van der Waals surface area contributed by atoms with Crippen LogP contribution in [0.15, 0.2) is 24.3 Å². The van der Waals surface area contributed by atoms with E-state index in [1.807, 2.05) is 25.7 Å². The van der Waals surface area contributed by atoms with Gasteiger partial charge in [-0.05, 0) is 76.5 Å². The lowest BCUT2D eigenvalue weighted by Crippen LogP contribution is -2.41. The number of carbonyl (C=O) groups is 2. The first-order chi connectivity index (χ1) is 15.2. The maximum absolute atomic E-state index is 12.3. The molecule has 0 saturated carbocycles. The van der Waals surface area contributed by atoms with E-state index in [2.05, 4.69) is 29.2 Å². The molecule has 32 heavy (non-hydrogen) atoms. The van der Waals surface area contributed by atoms with E-state index in [0.717, 1.165) is 51.9 Å². The summed E-state index contributed by atoms with van der Waals surface area (Å²) in [7, 11) is 1.46. The van der Waals surface area contributed by atoms with Crippen LogP contribution >= 0.6 is 0 Å². The summed E-state index contributed by atoms with van der Waals surface area (Å²) in [6, 6.07) is 9.48. The van der Waals surface area contributed by atoms with Crippen molar-refractivity contribution in [1.29, 1.82) is 0 Å². The van der Waals surface area contributed by atoms with Crippen molar-refractivity contribution in [2.45, 2.75) is 89.8 Å². The number of likely N-dealkylation sites (tertiary alicyclic amines) is 2. The first-order valence-corrected chi connectivity index (χ1v) is 12.1. The summed E-state index contributed by atoms with van der Waals surface area (Å²) < 4.78 is 10.3. The summed E-state index contributed by atoms with van der Waals surface area (Å²) in [6.45, 7) is 9.24. The van der Waals surface area contributed by atoms with Crippen LogP contribution in [0.5, 0.6) is 0 Å². The van der Waals surface area contributed by atoms with Crippen molar-refractivity contribution >= 4 is 12.1 Å². The van der Waals surface area contributed by atoms with Gasteiger partial charge in [0, 0.05) is 32.1 Å². The molecule has 2 aliphatic rings. The Bertz CT molecular complexity index is 748. The van der Waals surface area contributed by atoms with E-state index in [-0.39, 0.29) is 12.1 Å². The lowest BCUT2D eigenvalue weighted by Gasteiger charge is -2.36. The van der Waals surface area contributed by atoms with Gasteiger partial charge in [-0.25, -0.2) is 4.79 Å². The van der Waals surface area contributed by atoms with Crippen LogP contribution in [0.3, 0.4) is 0 Å². The van der Waals surface area contributed by atoms with Gasteiger partial charge < -0.3 is 14.4 Å². The molecule has 6 nitrogen and oxygen atoms in total. The molecule has 3 rings (SSSR count). The van der Waals surface area contributed by atoms with Crippen molar-refractivity contribution in [2.75, 3.05) is 26.7 Å². The largest absolute Gasteiger partial charge is 0.469 e. The molecular formula is C26H40N2O4. The van der Waals surface area contributed by atoms with E-state index in [9.17, 15) is 9.59 Å². The number of nitrogens with zero attached hydrogens (tertiary/aromatic N) is 2. The molecule has 1 amide bonds. The fourth-order valence-electron chi connectivity index (χ4n) is 4.83. The molecule has 1 aromatic rings. The summed E-state index contributed by atoms with van der Waals surface area (Å²) in [4.78, 5) is 28.2. The zero-order chi connectivity index (χ0) is 23.1. The van der Waals surface area contributed by atoms with Gasteiger partial charge in [0.25, 0.3) is 0 Å². The number of hydrogen-bond donors (Lipinski definition) is 0. The van der Waals surface area contributed by atoms with Gasteiger partial charge >= 0.3 is 12.1 Å². The average molecular weight is 445 g/mol. The predicted molar refractivity (Wildman–Crippen MR) is 126 cm³/mol. The quantitative estimate of drug-likeness (QED) is 0.571. The first-order valence-electron chi connectivity index (χ1n) is 12.1. The molecule has 1 atom stereocenters. The molecule has 6 heteroatoms. The Hall–Kier alpha value is -2.08. The minimum Gasteiger partial charge on any atom is -0.469 e. The fourth-order valence-corrected chi connectivity index (χ4v) is 4.83. The zero-order valence-corrected chi connectivity index (χ0v) is 20.3. The minimum atomic E-state index is -0.448. The Labute approximate surface area is 193 Å². The minimum absolute atomic E-state index is 0.113. The molecule has 2 aliphatic heterocycles. The molecule has 2 heterocycles. The second kappa shape index (κ2) is 11.2. The van der Waals surface area contributed by atoms with E-state index < -0.39 is 5.60 Å². The van der Waals surface area contributed by atoms with Crippen molar-refractivity contribution in [3.63, 3.8) is 0 Å². The monoisotopic (exact) mass is 444 g/mol. The van der Waals surface area contributed by atoms with E-state index >= 15 is 0 Å². The molecule has 0 spiro atoms. The first kappa shape index (κ1) is 24.6. The number of benzene rings is 1. The highest BCUT2D eigenvalue weighted by Crippen LogP contribution is 2.30. The Kier molecular flexibility index (Phi) is 8.57. The SMILES string of the molecule is COC(=O)CCC1CCCCN1Cc1ccc(C2CCN(C(=O)OC(C)(C)C)CC2)cc1. The van der Waals surface area contributed by atoms with E-state index in [1.54, 1.807) is 0 Å². The van der Waals surface area contributed by atoms with E-state index in [0.29, 0.717) is 18.4 Å². The highest BCUT2D eigenvalue weighted by atomic mass is 16.6. The number of esters is 1. The second-order valence-corrected chi connectivity index (χ2v) is 10.2. The van der Waals surface area contributed by atoms with Crippen molar-refractivity contribution in [2.24, 2.45) is 0 Å². The van der Waals surface area contributed by atoms with Gasteiger partial charge in [0.2, 0.25) is 0 Å². The van der Waals surface area contributed by atoms with Crippen LogP contribution < -0.4 is 0 Å². The molecule has 0 bridgehead atoms. The number of rotatable bonds is 6. The third-order valence-electron chi connectivity index (χ3n) is 6.64. The van der Waals surface area contributed by atoms with Crippen LogP contribution in [0, 0.1) is 0 Å². The van der Waals surface area contributed by atoms with Crippen LogP contribution in [0.2, 0.25) is 0 Å². The van der Waals surface area contributed by atoms with E-state index in [4.69, 9.17) is 9.47 Å². The van der Waals surface area contributed by atoms with Crippen molar-refractivity contribution in [3.8, 4) is 0 Å². The van der Waals surface area contributed by atoms with Crippen molar-refractivity contribution in [3.05, 3.63) is 35.4 Å². The number of hydrogen-bond acceptors (Lipinski definition) is 5. The fraction of sp³-hybridized carbons (Fsp3) is 0.692. The van der Waals surface area contributed by atoms with Gasteiger partial charge in [-0.1, -0.05) is 30.7 Å². The molecule has 178 valence electrons.